The second kappa shape index (κ2) is 7.17. The number of nitrogens with one attached hydrogen (secondary N) is 1. The van der Waals surface area contributed by atoms with Crippen LogP contribution in [0.25, 0.3) is 11.3 Å². The zero-order valence-electron chi connectivity index (χ0n) is 16.2. The van der Waals surface area contributed by atoms with E-state index in [0.29, 0.717) is 5.13 Å². The van der Waals surface area contributed by atoms with Gasteiger partial charge in [-0.25, -0.2) is 4.98 Å². The van der Waals surface area contributed by atoms with Gasteiger partial charge in [-0.05, 0) is 51.0 Å². The average Bonchev–Trinajstić information content (AvgIpc) is 3.01. The highest BCUT2D eigenvalue weighted by Gasteiger charge is 2.48. The molecule has 1 heterocycles. The molecule has 1 fully saturated rings. The van der Waals surface area contributed by atoms with Crippen molar-refractivity contribution in [1.29, 1.82) is 0 Å². The highest BCUT2D eigenvalue weighted by atomic mass is 32.1. The lowest BCUT2D eigenvalue weighted by Crippen LogP contribution is -2.47. The van der Waals surface area contributed by atoms with Gasteiger partial charge < -0.3 is 10.4 Å². The zero-order valence-corrected chi connectivity index (χ0v) is 17.0. The Bertz CT molecular complexity index is 978. The Kier molecular flexibility index (Phi) is 4.83. The van der Waals surface area contributed by atoms with Gasteiger partial charge in [0.15, 0.2) is 5.13 Å². The van der Waals surface area contributed by atoms with Crippen LogP contribution < -0.4 is 5.32 Å². The van der Waals surface area contributed by atoms with Crippen molar-refractivity contribution in [3.05, 3.63) is 46.4 Å². The van der Waals surface area contributed by atoms with Crippen LogP contribution in [0, 0.1) is 44.4 Å². The maximum absolute atomic E-state index is 13.0. The highest BCUT2D eigenvalue weighted by molar-refractivity contribution is 7.16. The van der Waals surface area contributed by atoms with Gasteiger partial charge in [-0.1, -0.05) is 35.9 Å². The Morgan fingerprint density at radius 2 is 1.79 bits per heavy atom. The normalized spacial score (nSPS) is 25.7. The molecular weight excluding hydrogens is 372 g/mol. The molecule has 3 aliphatic rings. The van der Waals surface area contributed by atoms with Crippen molar-refractivity contribution >= 4 is 28.3 Å². The first-order chi connectivity index (χ1) is 13.3. The number of anilines is 1. The summed E-state index contributed by atoms with van der Waals surface area (Å²) in [7, 11) is 0. The molecule has 4 atom stereocenters. The largest absolute Gasteiger partial charge is 0.481 e. The minimum Gasteiger partial charge on any atom is -0.481 e. The lowest BCUT2D eigenvalue weighted by atomic mass is 9.62. The van der Waals surface area contributed by atoms with Gasteiger partial charge in [-0.2, -0.15) is 0 Å². The molecule has 3 aliphatic carbocycles. The van der Waals surface area contributed by atoms with Crippen LogP contribution in [0.5, 0.6) is 0 Å². The number of amides is 1. The van der Waals surface area contributed by atoms with E-state index in [1.54, 1.807) is 0 Å². The SMILES string of the molecule is Cc1ccc(-c2nc(NC(=O)[C@H]3[C@@H](C(=O)O)[C@H]4C=C[C@H]3CC4)sc2C)c(C)c1. The molecule has 1 amide bonds. The minimum atomic E-state index is -0.884. The number of carboxylic acid groups (broad SMARTS) is 1. The lowest BCUT2D eigenvalue weighted by Gasteiger charge is -2.41. The molecule has 0 aliphatic heterocycles. The topological polar surface area (TPSA) is 79.3 Å². The number of carboxylic acids is 1. The molecule has 146 valence electrons. The van der Waals surface area contributed by atoms with Gasteiger partial charge in [-0.3, -0.25) is 9.59 Å². The zero-order chi connectivity index (χ0) is 20.0. The number of thiazole rings is 1. The van der Waals surface area contributed by atoms with Gasteiger partial charge in [0.05, 0.1) is 17.5 Å². The first-order valence-corrected chi connectivity index (χ1v) is 10.4. The van der Waals surface area contributed by atoms with Crippen molar-refractivity contribution in [3.8, 4) is 11.3 Å². The van der Waals surface area contributed by atoms with Crippen LogP contribution in [0.15, 0.2) is 30.4 Å². The summed E-state index contributed by atoms with van der Waals surface area (Å²) in [6.07, 6.45) is 5.71. The van der Waals surface area contributed by atoms with E-state index in [0.717, 1.165) is 34.5 Å². The molecule has 1 aromatic heterocycles. The van der Waals surface area contributed by atoms with Crippen molar-refractivity contribution in [1.82, 2.24) is 4.98 Å². The first-order valence-electron chi connectivity index (χ1n) is 9.62. The van der Waals surface area contributed by atoms with E-state index in [1.165, 1.54) is 16.9 Å². The molecule has 1 aromatic carbocycles. The number of allylic oxidation sites excluding steroid dienone is 2. The van der Waals surface area contributed by atoms with E-state index in [2.05, 4.69) is 42.3 Å². The monoisotopic (exact) mass is 396 g/mol. The van der Waals surface area contributed by atoms with Crippen LogP contribution in [-0.2, 0) is 9.59 Å². The molecular formula is C22H24N2O3S. The standard InChI is InChI=1S/C22H24N2O3S/c1-11-4-9-16(12(2)10-11)19-13(3)28-22(23-19)24-20(25)17-14-5-7-15(8-6-14)18(17)21(26)27/h4-5,7,9-10,14-15,17-18H,6,8H2,1-3H3,(H,26,27)(H,23,24,25)/t14-,15-,17+,18-/m0/s1. The van der Waals surface area contributed by atoms with Gasteiger partial charge in [0.25, 0.3) is 0 Å². The van der Waals surface area contributed by atoms with E-state index in [1.807, 2.05) is 19.1 Å². The fraction of sp³-hybridized carbons (Fsp3) is 0.409. The predicted molar refractivity (Wildman–Crippen MR) is 110 cm³/mol. The number of rotatable bonds is 4. The molecule has 5 nitrogen and oxygen atoms in total. The summed E-state index contributed by atoms with van der Waals surface area (Å²) >= 11 is 1.44. The molecule has 6 heteroatoms. The summed E-state index contributed by atoms with van der Waals surface area (Å²) < 4.78 is 0. The maximum atomic E-state index is 13.0. The third kappa shape index (κ3) is 3.26. The Labute approximate surface area is 168 Å². The second-order valence-electron chi connectivity index (χ2n) is 7.91. The Morgan fingerprint density at radius 1 is 1.11 bits per heavy atom. The van der Waals surface area contributed by atoms with Crippen LogP contribution in [0.3, 0.4) is 0 Å². The van der Waals surface area contributed by atoms with Crippen molar-refractivity contribution < 1.29 is 14.7 Å². The van der Waals surface area contributed by atoms with Gasteiger partial charge in [0.2, 0.25) is 5.91 Å². The van der Waals surface area contributed by atoms with E-state index >= 15 is 0 Å². The number of fused-ring (bicyclic) bond motifs is 2. The van der Waals surface area contributed by atoms with E-state index in [-0.39, 0.29) is 17.7 Å². The molecule has 2 N–H and O–H groups in total. The smallest absolute Gasteiger partial charge is 0.307 e. The number of hydrogen-bond donors (Lipinski definition) is 2. The summed E-state index contributed by atoms with van der Waals surface area (Å²) in [4.78, 5) is 30.5. The van der Waals surface area contributed by atoms with Crippen molar-refractivity contribution in [3.63, 3.8) is 0 Å². The molecule has 28 heavy (non-hydrogen) atoms. The predicted octanol–water partition coefficient (Wildman–Crippen LogP) is 4.59. The fourth-order valence-corrected chi connectivity index (χ4v) is 5.49. The van der Waals surface area contributed by atoms with Crippen LogP contribution in [0.2, 0.25) is 0 Å². The van der Waals surface area contributed by atoms with Crippen LogP contribution in [0.4, 0.5) is 5.13 Å². The van der Waals surface area contributed by atoms with Gasteiger partial charge >= 0.3 is 5.97 Å². The highest BCUT2D eigenvalue weighted by Crippen LogP contribution is 2.45. The summed E-state index contributed by atoms with van der Waals surface area (Å²) in [5, 5.41) is 13.1. The summed E-state index contributed by atoms with van der Waals surface area (Å²) in [5.41, 5.74) is 4.27. The third-order valence-electron chi connectivity index (χ3n) is 6.00. The maximum Gasteiger partial charge on any atom is 0.307 e. The van der Waals surface area contributed by atoms with E-state index in [9.17, 15) is 14.7 Å². The average molecular weight is 397 g/mol. The number of nitrogens with zero attached hydrogens (tertiary/aromatic N) is 1. The molecule has 2 bridgehead atoms. The van der Waals surface area contributed by atoms with Crippen LogP contribution >= 0.6 is 11.3 Å². The number of carbonyl (C=O) groups is 2. The van der Waals surface area contributed by atoms with Crippen LogP contribution in [0.1, 0.15) is 28.8 Å². The van der Waals surface area contributed by atoms with Crippen molar-refractivity contribution in [2.24, 2.45) is 23.7 Å². The number of carbonyl (C=O) groups excluding carboxylic acids is 1. The van der Waals surface area contributed by atoms with Crippen molar-refractivity contribution in [2.45, 2.75) is 33.6 Å². The van der Waals surface area contributed by atoms with Gasteiger partial charge in [-0.15, -0.1) is 11.3 Å². The van der Waals surface area contributed by atoms with Gasteiger partial charge in [0.1, 0.15) is 0 Å². The van der Waals surface area contributed by atoms with E-state index < -0.39 is 17.8 Å². The lowest BCUT2D eigenvalue weighted by molar-refractivity contribution is -0.151. The second-order valence-corrected chi connectivity index (χ2v) is 9.11. The number of hydrogen-bond acceptors (Lipinski definition) is 4. The molecule has 0 saturated heterocycles. The Hall–Kier alpha value is -2.47. The summed E-state index contributed by atoms with van der Waals surface area (Å²) in [5.74, 6) is -2.36. The summed E-state index contributed by atoms with van der Waals surface area (Å²) in [6, 6.07) is 6.24. The number of aromatic nitrogens is 1. The summed E-state index contributed by atoms with van der Waals surface area (Å²) in [6.45, 7) is 6.11. The number of aliphatic carboxylic acids is 1. The van der Waals surface area contributed by atoms with Crippen molar-refractivity contribution in [2.75, 3.05) is 5.32 Å². The molecule has 0 unspecified atom stereocenters. The Balaban J connectivity index is 1.59. The van der Waals surface area contributed by atoms with E-state index in [4.69, 9.17) is 0 Å². The molecule has 5 rings (SSSR count). The Morgan fingerprint density at radius 3 is 2.39 bits per heavy atom. The minimum absolute atomic E-state index is 0.00836. The number of aryl methyl sites for hydroxylation is 3. The van der Waals surface area contributed by atoms with Crippen LogP contribution in [-0.4, -0.2) is 22.0 Å². The molecule has 0 radical (unpaired) electrons. The van der Waals surface area contributed by atoms with Gasteiger partial charge in [0, 0.05) is 10.4 Å². The third-order valence-corrected chi connectivity index (χ3v) is 6.89. The fourth-order valence-electron chi connectivity index (χ4n) is 4.66. The quantitative estimate of drug-likeness (QED) is 0.741. The molecule has 0 spiro atoms. The number of benzene rings is 1. The molecule has 2 aromatic rings. The molecule has 1 saturated carbocycles. The first kappa shape index (κ1) is 18.9.